The first-order valence-corrected chi connectivity index (χ1v) is 8.04. The Morgan fingerprint density at radius 1 is 1.20 bits per heavy atom. The van der Waals surface area contributed by atoms with Crippen LogP contribution in [0.3, 0.4) is 0 Å². The van der Waals surface area contributed by atoms with E-state index in [1.165, 1.54) is 24.5 Å². The predicted octanol–water partition coefficient (Wildman–Crippen LogP) is 2.57. The molecule has 2 aliphatic heterocycles. The Morgan fingerprint density at radius 2 is 1.88 bits per heavy atom. The largest absolute Gasteiger partial charge is 0.405 e. The van der Waals surface area contributed by atoms with E-state index >= 15 is 0 Å². The number of amides is 1. The highest BCUT2D eigenvalue weighted by molar-refractivity contribution is 6.23. The number of carbonyl (C=O) groups excluding carboxylic acids is 2. The van der Waals surface area contributed by atoms with Gasteiger partial charge in [-0.05, 0) is 23.8 Å². The molecule has 1 amide bonds. The maximum atomic E-state index is 12.3. The molecular weight excluding hydrogens is 318 g/mol. The van der Waals surface area contributed by atoms with Gasteiger partial charge in [0.05, 0.1) is 0 Å². The minimum Gasteiger partial charge on any atom is -0.405 e. The van der Waals surface area contributed by atoms with E-state index in [0.717, 1.165) is 11.4 Å². The van der Waals surface area contributed by atoms with Crippen molar-refractivity contribution < 1.29 is 14.3 Å². The molecule has 0 aliphatic carbocycles. The van der Waals surface area contributed by atoms with Crippen LogP contribution in [0.1, 0.15) is 26.3 Å². The van der Waals surface area contributed by atoms with Crippen molar-refractivity contribution in [2.45, 2.75) is 26.2 Å². The molecule has 0 fully saturated rings. The molecule has 0 radical (unpaired) electrons. The number of hydrogen-bond donors (Lipinski definition) is 0. The van der Waals surface area contributed by atoms with Gasteiger partial charge < -0.3 is 9.64 Å². The lowest BCUT2D eigenvalue weighted by Crippen LogP contribution is -2.23. The number of hydrogen-bond acceptors (Lipinski definition) is 5. The van der Waals surface area contributed by atoms with Gasteiger partial charge in [0.25, 0.3) is 11.8 Å². The van der Waals surface area contributed by atoms with Crippen LogP contribution < -0.4 is 4.90 Å². The zero-order chi connectivity index (χ0) is 18.4. The van der Waals surface area contributed by atoms with Crippen LogP contribution in [0.25, 0.3) is 0 Å². The number of anilines is 1. The van der Waals surface area contributed by atoms with Gasteiger partial charge in [0.15, 0.2) is 0 Å². The van der Waals surface area contributed by atoms with Crippen molar-refractivity contribution in [1.82, 2.24) is 5.01 Å². The quantitative estimate of drug-likeness (QED) is 0.583. The van der Waals surface area contributed by atoms with Gasteiger partial charge in [-0.2, -0.15) is 0 Å². The van der Waals surface area contributed by atoms with Crippen molar-refractivity contribution in [3.8, 4) is 0 Å². The molecule has 0 atom stereocenters. The van der Waals surface area contributed by atoms with E-state index in [0.29, 0.717) is 0 Å². The summed E-state index contributed by atoms with van der Waals surface area (Å²) in [6.45, 7) is 5.57. The number of fused-ring (bicyclic) bond motifs is 1. The summed E-state index contributed by atoms with van der Waals surface area (Å²) in [6, 6.07) is 8.22. The van der Waals surface area contributed by atoms with Crippen molar-refractivity contribution >= 4 is 23.5 Å². The van der Waals surface area contributed by atoms with Crippen molar-refractivity contribution in [3.63, 3.8) is 0 Å². The van der Waals surface area contributed by atoms with Crippen molar-refractivity contribution in [3.05, 3.63) is 53.3 Å². The monoisotopic (exact) mass is 339 g/mol. The second-order valence-electron chi connectivity index (χ2n) is 6.66. The lowest BCUT2D eigenvalue weighted by molar-refractivity contribution is -0.133. The Labute approximate surface area is 147 Å². The average Bonchev–Trinajstić information content (AvgIpc) is 2.91. The zero-order valence-electron chi connectivity index (χ0n) is 15.0. The number of allylic oxidation sites excluding steroid dienone is 3. The maximum absolute atomic E-state index is 12.3. The molecule has 2 aliphatic rings. The van der Waals surface area contributed by atoms with Gasteiger partial charge in [0, 0.05) is 37.8 Å². The van der Waals surface area contributed by atoms with E-state index in [-0.39, 0.29) is 22.8 Å². The Balaban J connectivity index is 2.01. The van der Waals surface area contributed by atoms with E-state index in [1.54, 1.807) is 6.08 Å². The molecule has 25 heavy (non-hydrogen) atoms. The molecule has 0 unspecified atom stereocenters. The molecule has 0 saturated heterocycles. The van der Waals surface area contributed by atoms with Crippen molar-refractivity contribution in [2.75, 3.05) is 19.0 Å². The number of hydrazone groups is 1. The maximum Gasteiger partial charge on any atom is 0.309 e. The van der Waals surface area contributed by atoms with Crippen LogP contribution in [0.15, 0.2) is 52.8 Å². The van der Waals surface area contributed by atoms with Gasteiger partial charge in [0.1, 0.15) is 5.57 Å². The third kappa shape index (κ3) is 2.73. The van der Waals surface area contributed by atoms with Gasteiger partial charge in [0.2, 0.25) is 0 Å². The van der Waals surface area contributed by atoms with Crippen LogP contribution >= 0.6 is 0 Å². The van der Waals surface area contributed by atoms with E-state index < -0.39 is 5.97 Å². The van der Waals surface area contributed by atoms with Crippen molar-refractivity contribution in [2.24, 2.45) is 5.10 Å². The minimum atomic E-state index is -0.508. The van der Waals surface area contributed by atoms with Crippen LogP contribution in [-0.4, -0.2) is 36.9 Å². The Kier molecular flexibility index (Phi) is 3.99. The Morgan fingerprint density at radius 3 is 2.52 bits per heavy atom. The number of benzene rings is 1. The minimum absolute atomic E-state index is 0.0350. The molecular formula is C19H21N3O3. The third-order valence-corrected chi connectivity index (χ3v) is 4.58. The number of para-hydroxylation sites is 1. The molecule has 130 valence electrons. The number of likely N-dealkylation sites (N-methyl/N-ethyl adjacent to an activating group) is 2. The molecule has 1 aromatic carbocycles. The summed E-state index contributed by atoms with van der Waals surface area (Å²) in [5, 5.41) is 5.14. The molecule has 6 nitrogen and oxygen atoms in total. The molecule has 0 aromatic heterocycles. The summed E-state index contributed by atoms with van der Waals surface area (Å²) < 4.78 is 5.06. The third-order valence-electron chi connectivity index (χ3n) is 4.58. The number of rotatable bonds is 1. The number of esters is 1. The molecule has 3 rings (SSSR count). The number of nitrogens with zero attached hydrogens (tertiary/aromatic N) is 3. The fourth-order valence-corrected chi connectivity index (χ4v) is 3.32. The van der Waals surface area contributed by atoms with Crippen LogP contribution in [0.5, 0.6) is 0 Å². The first-order valence-electron chi connectivity index (χ1n) is 8.04. The number of carbonyl (C=O) groups is 2. The lowest BCUT2D eigenvalue weighted by atomic mass is 9.83. The summed E-state index contributed by atoms with van der Waals surface area (Å²) >= 11 is 0. The summed E-state index contributed by atoms with van der Waals surface area (Å²) in [4.78, 5) is 25.6. The molecule has 1 aromatic rings. The second-order valence-corrected chi connectivity index (χ2v) is 6.66. The molecule has 0 saturated carbocycles. The summed E-state index contributed by atoms with van der Waals surface area (Å²) in [5.41, 5.74) is 3.48. The van der Waals surface area contributed by atoms with Crippen molar-refractivity contribution in [1.29, 1.82) is 0 Å². The molecule has 0 bridgehead atoms. The van der Waals surface area contributed by atoms with E-state index in [9.17, 15) is 9.59 Å². The van der Waals surface area contributed by atoms with Crippen LogP contribution in [0.4, 0.5) is 5.69 Å². The van der Waals surface area contributed by atoms with E-state index in [4.69, 9.17) is 4.74 Å². The predicted molar refractivity (Wildman–Crippen MR) is 96.0 cm³/mol. The Hall–Kier alpha value is -2.89. The first kappa shape index (κ1) is 17.0. The number of ether oxygens (including phenoxy) is 1. The van der Waals surface area contributed by atoms with Crippen LogP contribution in [0, 0.1) is 0 Å². The summed E-state index contributed by atoms with van der Waals surface area (Å²) in [7, 11) is 3.53. The highest BCUT2D eigenvalue weighted by atomic mass is 16.5. The second kappa shape index (κ2) is 5.88. The standard InChI is InChI=1S/C19H21N3O3/c1-12(23)25-17-13(18(24)22(5)20-17)10-11-16-19(2,3)14-8-6-7-9-15(14)21(16)4/h6-11H,1-5H3/b13-10+,16-11-. The van der Waals surface area contributed by atoms with Gasteiger partial charge in [-0.3, -0.25) is 9.59 Å². The molecule has 2 heterocycles. The fourth-order valence-electron chi connectivity index (χ4n) is 3.32. The summed E-state index contributed by atoms with van der Waals surface area (Å²) in [6.07, 6.45) is 3.57. The molecule has 0 N–H and O–H groups in total. The Bertz CT molecular complexity index is 849. The van der Waals surface area contributed by atoms with E-state index in [1.807, 2.05) is 25.3 Å². The van der Waals surface area contributed by atoms with E-state index in [2.05, 4.69) is 36.0 Å². The van der Waals surface area contributed by atoms with Crippen LogP contribution in [-0.2, 0) is 19.7 Å². The van der Waals surface area contributed by atoms with Gasteiger partial charge in [-0.15, -0.1) is 5.10 Å². The van der Waals surface area contributed by atoms with Gasteiger partial charge in [-0.1, -0.05) is 32.0 Å². The highest BCUT2D eigenvalue weighted by Crippen LogP contribution is 2.46. The van der Waals surface area contributed by atoms with Gasteiger partial charge in [-0.25, -0.2) is 5.01 Å². The lowest BCUT2D eigenvalue weighted by Gasteiger charge is -2.23. The van der Waals surface area contributed by atoms with Gasteiger partial charge >= 0.3 is 5.97 Å². The topological polar surface area (TPSA) is 62.2 Å². The smallest absolute Gasteiger partial charge is 0.309 e. The average molecular weight is 339 g/mol. The zero-order valence-corrected chi connectivity index (χ0v) is 15.0. The molecule has 0 spiro atoms. The molecule has 6 heteroatoms. The first-order chi connectivity index (χ1) is 11.7. The summed E-state index contributed by atoms with van der Waals surface area (Å²) in [5.74, 6) is -0.775. The van der Waals surface area contributed by atoms with Crippen LogP contribution in [0.2, 0.25) is 0 Å². The SMILES string of the molecule is CC(=O)OC1=NN(C)C(=O)/C1=C/C=C1\N(C)c2ccccc2C1(C)C. The fraction of sp³-hybridized carbons (Fsp3) is 0.316. The highest BCUT2D eigenvalue weighted by Gasteiger charge is 2.38. The normalized spacial score (nSPS) is 21.8.